The summed E-state index contributed by atoms with van der Waals surface area (Å²) < 4.78 is 48.2. The van der Waals surface area contributed by atoms with Gasteiger partial charge < -0.3 is 15.2 Å². The zero-order valence-electron chi connectivity index (χ0n) is 12.8. The van der Waals surface area contributed by atoms with Crippen LogP contribution in [0.4, 0.5) is 13.2 Å². The summed E-state index contributed by atoms with van der Waals surface area (Å²) >= 11 is 0. The van der Waals surface area contributed by atoms with Crippen molar-refractivity contribution in [2.45, 2.75) is 12.2 Å². The van der Waals surface area contributed by atoms with E-state index >= 15 is 0 Å². The van der Waals surface area contributed by atoms with Crippen LogP contribution in [0.3, 0.4) is 0 Å². The summed E-state index contributed by atoms with van der Waals surface area (Å²) in [5.74, 6) is -1.43. The number of alkyl halides is 2. The highest BCUT2D eigenvalue weighted by molar-refractivity contribution is 6.32. The first-order valence-electron chi connectivity index (χ1n) is 7.21. The Morgan fingerprint density at radius 3 is 2.54 bits per heavy atom. The second-order valence-electron chi connectivity index (χ2n) is 5.49. The van der Waals surface area contributed by atoms with Crippen LogP contribution < -0.4 is 15.9 Å². The molecule has 0 spiro atoms. The minimum atomic E-state index is -3.10. The van der Waals surface area contributed by atoms with Crippen molar-refractivity contribution in [1.29, 1.82) is 0 Å². The van der Waals surface area contributed by atoms with Gasteiger partial charge in [0.05, 0.1) is 0 Å². The van der Waals surface area contributed by atoms with E-state index in [4.69, 9.17) is 10.5 Å². The molecule has 0 fully saturated rings. The Kier molecular flexibility index (Phi) is 4.13. The third-order valence-corrected chi connectivity index (χ3v) is 3.85. The summed E-state index contributed by atoms with van der Waals surface area (Å²) in [6.45, 7) is -3.00. The van der Waals surface area contributed by atoms with Crippen molar-refractivity contribution in [3.63, 3.8) is 0 Å². The summed E-state index contributed by atoms with van der Waals surface area (Å²) in [5.41, 5.74) is 6.84. The Morgan fingerprint density at radius 1 is 1.21 bits per heavy atom. The molecule has 1 unspecified atom stereocenters. The van der Waals surface area contributed by atoms with E-state index in [-0.39, 0.29) is 12.6 Å². The number of hydrogen-bond acceptors (Lipinski definition) is 4. The maximum absolute atomic E-state index is 14.1. The molecular formula is C16H14BF3N2O2. The average Bonchev–Trinajstić information content (AvgIpc) is 2.92. The van der Waals surface area contributed by atoms with Gasteiger partial charge >= 0.3 is 6.61 Å². The number of amidine groups is 1. The fourth-order valence-electron chi connectivity index (χ4n) is 2.75. The van der Waals surface area contributed by atoms with E-state index in [1.165, 1.54) is 6.07 Å². The lowest BCUT2D eigenvalue weighted by Gasteiger charge is -2.26. The normalized spacial score (nSPS) is 19.9. The average molecular weight is 334 g/mol. The van der Waals surface area contributed by atoms with E-state index in [0.717, 1.165) is 23.2 Å². The number of nitrogens with two attached hydrogens (primary N) is 1. The molecule has 24 heavy (non-hydrogen) atoms. The molecule has 0 aromatic heterocycles. The van der Waals surface area contributed by atoms with E-state index in [1.54, 1.807) is 0 Å². The number of nitrogens with zero attached hydrogens (tertiary/aromatic N) is 1. The number of benzene rings is 2. The number of ether oxygens (including phenoxy) is 2. The molecule has 124 valence electrons. The fraction of sp³-hybridized carbons (Fsp3) is 0.188. The summed E-state index contributed by atoms with van der Waals surface area (Å²) in [6.07, 6.45) is 0. The van der Waals surface area contributed by atoms with Crippen LogP contribution in [0.5, 0.6) is 5.75 Å². The van der Waals surface area contributed by atoms with Crippen molar-refractivity contribution in [2.75, 3.05) is 6.61 Å². The van der Waals surface area contributed by atoms with Gasteiger partial charge in [0.15, 0.2) is 17.1 Å². The molecule has 8 heteroatoms. The molecule has 2 aromatic rings. The van der Waals surface area contributed by atoms with Gasteiger partial charge in [-0.05, 0) is 23.3 Å². The monoisotopic (exact) mass is 334 g/mol. The highest BCUT2D eigenvalue weighted by Gasteiger charge is 2.40. The summed E-state index contributed by atoms with van der Waals surface area (Å²) in [7, 11) is 1.92. The Labute approximate surface area is 137 Å². The number of hydrogen-bond donors (Lipinski definition) is 1. The first kappa shape index (κ1) is 16.2. The number of halogens is 3. The Balaban J connectivity index is 2.10. The van der Waals surface area contributed by atoms with Crippen LogP contribution >= 0.6 is 0 Å². The molecule has 4 nitrogen and oxygen atoms in total. The molecule has 1 atom stereocenters. The molecule has 0 saturated carbocycles. The summed E-state index contributed by atoms with van der Waals surface area (Å²) in [4.78, 5) is 4.35. The van der Waals surface area contributed by atoms with Crippen LogP contribution in [0, 0.1) is 5.82 Å². The van der Waals surface area contributed by atoms with Gasteiger partial charge in [0.2, 0.25) is 0 Å². The quantitative estimate of drug-likeness (QED) is 0.857. The zero-order chi connectivity index (χ0) is 17.3. The van der Waals surface area contributed by atoms with Gasteiger partial charge in [-0.1, -0.05) is 35.8 Å². The van der Waals surface area contributed by atoms with E-state index in [2.05, 4.69) is 9.73 Å². The molecule has 2 aromatic carbocycles. The minimum Gasteiger partial charge on any atom is -0.462 e. The highest BCUT2D eigenvalue weighted by Crippen LogP contribution is 2.38. The predicted molar refractivity (Wildman–Crippen MR) is 86.0 cm³/mol. The van der Waals surface area contributed by atoms with Crippen molar-refractivity contribution in [3.05, 3.63) is 59.4 Å². The first-order chi connectivity index (χ1) is 11.4. The van der Waals surface area contributed by atoms with Crippen LogP contribution in [-0.2, 0) is 10.3 Å². The third-order valence-electron chi connectivity index (χ3n) is 3.85. The molecule has 0 radical (unpaired) electrons. The minimum absolute atomic E-state index is 0.00942. The van der Waals surface area contributed by atoms with E-state index < -0.39 is 23.7 Å². The summed E-state index contributed by atoms with van der Waals surface area (Å²) in [6, 6.07) is 11.2. The van der Waals surface area contributed by atoms with Crippen molar-refractivity contribution in [1.82, 2.24) is 0 Å². The smallest absolute Gasteiger partial charge is 0.387 e. The molecule has 0 amide bonds. The fourth-order valence-corrected chi connectivity index (χ4v) is 2.75. The standard InChI is InChI=1S/C16H14BF3N2O2/c17-11-3-1-2-9(6-11)16(8-23-15(21)22-16)10-4-5-13(12(18)7-10)24-14(19)20/h1-7,14H,8,17H2,(H2,21,22). The number of rotatable bonds is 4. The highest BCUT2D eigenvalue weighted by atomic mass is 19.3. The molecule has 0 aliphatic carbocycles. The Hall–Kier alpha value is -2.64. The molecule has 3 rings (SSSR count). The van der Waals surface area contributed by atoms with E-state index in [1.807, 2.05) is 32.1 Å². The van der Waals surface area contributed by atoms with Crippen molar-refractivity contribution in [3.8, 4) is 5.75 Å². The molecule has 1 aliphatic rings. The Bertz CT molecular complexity index is 801. The van der Waals surface area contributed by atoms with E-state index in [0.29, 0.717) is 5.56 Å². The first-order valence-corrected chi connectivity index (χ1v) is 7.21. The predicted octanol–water partition coefficient (Wildman–Crippen LogP) is 1.27. The zero-order valence-corrected chi connectivity index (χ0v) is 12.8. The lowest BCUT2D eigenvalue weighted by Crippen LogP contribution is -2.28. The largest absolute Gasteiger partial charge is 0.462 e. The molecule has 1 heterocycles. The lowest BCUT2D eigenvalue weighted by molar-refractivity contribution is -0.0522. The van der Waals surface area contributed by atoms with Crippen molar-refractivity contribution < 1.29 is 22.6 Å². The molecular weight excluding hydrogens is 320 g/mol. The lowest BCUT2D eigenvalue weighted by atomic mass is 9.81. The van der Waals surface area contributed by atoms with E-state index in [9.17, 15) is 13.2 Å². The van der Waals surface area contributed by atoms with Gasteiger partial charge in [-0.3, -0.25) is 0 Å². The van der Waals surface area contributed by atoms with Gasteiger partial charge in [-0.25, -0.2) is 9.38 Å². The SMILES string of the molecule is Bc1cccc(C2(c3ccc(OC(F)F)c(F)c3)COC(N)=N2)c1. The van der Waals surface area contributed by atoms with Gasteiger partial charge in [-0.15, -0.1) is 0 Å². The van der Waals surface area contributed by atoms with Crippen molar-refractivity contribution in [2.24, 2.45) is 10.7 Å². The van der Waals surface area contributed by atoms with Crippen LogP contribution in [0.25, 0.3) is 0 Å². The van der Waals surface area contributed by atoms with Crippen LogP contribution in [-0.4, -0.2) is 27.1 Å². The van der Waals surface area contributed by atoms with Gasteiger partial charge in [-0.2, -0.15) is 8.78 Å². The van der Waals surface area contributed by atoms with Crippen LogP contribution in [0.1, 0.15) is 11.1 Å². The van der Waals surface area contributed by atoms with Gasteiger partial charge in [0.1, 0.15) is 14.5 Å². The molecule has 2 N–H and O–H groups in total. The second-order valence-corrected chi connectivity index (χ2v) is 5.49. The van der Waals surface area contributed by atoms with Gasteiger partial charge in [0.25, 0.3) is 6.02 Å². The maximum atomic E-state index is 14.1. The van der Waals surface area contributed by atoms with Crippen LogP contribution in [0.2, 0.25) is 0 Å². The topological polar surface area (TPSA) is 56.8 Å². The Morgan fingerprint density at radius 2 is 1.96 bits per heavy atom. The third kappa shape index (κ3) is 2.91. The second kappa shape index (κ2) is 6.11. The number of aliphatic imine (C=N–C) groups is 1. The summed E-state index contributed by atoms with van der Waals surface area (Å²) in [5, 5.41) is 0. The van der Waals surface area contributed by atoms with Crippen LogP contribution in [0.15, 0.2) is 47.5 Å². The van der Waals surface area contributed by atoms with Crippen molar-refractivity contribution >= 4 is 19.3 Å². The maximum Gasteiger partial charge on any atom is 0.387 e. The molecule has 0 saturated heterocycles. The molecule has 1 aliphatic heterocycles. The van der Waals surface area contributed by atoms with Gasteiger partial charge in [0, 0.05) is 0 Å². The molecule has 0 bridgehead atoms.